The number of carbonyl (C=O) groups excluding carboxylic acids is 3. The van der Waals surface area contributed by atoms with Gasteiger partial charge in [-0.1, -0.05) is 41.9 Å². The molecule has 0 saturated heterocycles. The van der Waals surface area contributed by atoms with Crippen LogP contribution in [0.1, 0.15) is 49.1 Å². The Labute approximate surface area is 243 Å². The molecule has 1 unspecified atom stereocenters. The van der Waals surface area contributed by atoms with Crippen molar-refractivity contribution in [3.63, 3.8) is 0 Å². The highest BCUT2D eigenvalue weighted by atomic mass is 35.5. The minimum atomic E-state index is -0.982. The monoisotopic (exact) mass is 576 g/mol. The predicted octanol–water partition coefficient (Wildman–Crippen LogP) is 6.16. The Morgan fingerprint density at radius 3 is 2.17 bits per heavy atom. The van der Waals surface area contributed by atoms with Crippen LogP contribution in [0, 0.1) is 12.8 Å². The van der Waals surface area contributed by atoms with E-state index in [1.807, 2.05) is 31.2 Å². The lowest BCUT2D eigenvalue weighted by Crippen LogP contribution is -2.34. The van der Waals surface area contributed by atoms with E-state index in [-0.39, 0.29) is 42.6 Å². The summed E-state index contributed by atoms with van der Waals surface area (Å²) in [4.78, 5) is 49.3. The number of carboxylic acids is 1. The van der Waals surface area contributed by atoms with Gasteiger partial charge in [-0.2, -0.15) is 0 Å². The molecular formula is C31H33ClN4O5. The first kappa shape index (κ1) is 29.6. The van der Waals surface area contributed by atoms with Crippen LogP contribution in [0.25, 0.3) is 0 Å². The normalized spacial score (nSPS) is 16.8. The molecule has 0 spiro atoms. The molecule has 4 amide bonds. The van der Waals surface area contributed by atoms with E-state index in [9.17, 15) is 24.3 Å². The van der Waals surface area contributed by atoms with E-state index >= 15 is 0 Å². The fourth-order valence-electron chi connectivity index (χ4n) is 4.99. The number of amides is 4. The van der Waals surface area contributed by atoms with Crippen molar-refractivity contribution in [3.8, 4) is 0 Å². The molecule has 0 radical (unpaired) electrons. The van der Waals surface area contributed by atoms with Gasteiger partial charge in [-0.25, -0.2) is 4.79 Å². The molecule has 0 heterocycles. The summed E-state index contributed by atoms with van der Waals surface area (Å²) in [6.07, 6.45) is 1.65. The summed E-state index contributed by atoms with van der Waals surface area (Å²) in [5.41, 5.74) is 3.60. The topological polar surface area (TPSA) is 137 Å². The van der Waals surface area contributed by atoms with Crippen LogP contribution in [0.3, 0.4) is 0 Å². The Bertz CT molecular complexity index is 1390. The maximum atomic E-state index is 12.9. The van der Waals surface area contributed by atoms with Crippen LogP contribution in [0.2, 0.25) is 5.02 Å². The van der Waals surface area contributed by atoms with Crippen LogP contribution in [-0.2, 0) is 14.4 Å². The molecule has 9 nitrogen and oxygen atoms in total. The number of anilines is 3. The Morgan fingerprint density at radius 2 is 1.51 bits per heavy atom. The van der Waals surface area contributed by atoms with E-state index in [0.29, 0.717) is 35.7 Å². The van der Waals surface area contributed by atoms with Gasteiger partial charge in [0.05, 0.1) is 6.42 Å². The van der Waals surface area contributed by atoms with Gasteiger partial charge in [0.2, 0.25) is 11.8 Å². The third-order valence-corrected chi connectivity index (χ3v) is 7.42. The van der Waals surface area contributed by atoms with Gasteiger partial charge in [-0.05, 0) is 79.8 Å². The molecule has 214 valence electrons. The first-order valence-corrected chi connectivity index (χ1v) is 13.8. The van der Waals surface area contributed by atoms with Gasteiger partial charge in [0.15, 0.2) is 0 Å². The maximum absolute atomic E-state index is 12.9. The summed E-state index contributed by atoms with van der Waals surface area (Å²) >= 11 is 5.94. The number of carboxylic acid groups (broad SMARTS) is 1. The van der Waals surface area contributed by atoms with Crippen LogP contribution in [0.5, 0.6) is 0 Å². The number of rotatable bonds is 10. The Morgan fingerprint density at radius 1 is 0.854 bits per heavy atom. The quantitative estimate of drug-likeness (QED) is 0.197. The standard InChI is InChI=1S/C31H33ClN4O5/c1-19-4-2-3-5-27(19)36-31(41)35-25-14-12-24(13-15-25)34-30(40)21-8-11-26(16-21)33-28(37)17-22(18-29(38)39)20-6-9-23(32)10-7-20/h2-7,9-10,12-15,21-22,26H,8,11,16-18H2,1H3,(H,33,37)(H,34,40)(H,38,39)(H2,35,36,41)/t21-,22?,26+/m1/s1. The van der Waals surface area contributed by atoms with E-state index < -0.39 is 11.9 Å². The zero-order valence-corrected chi connectivity index (χ0v) is 23.4. The average Bonchev–Trinajstić information content (AvgIpc) is 3.39. The lowest BCUT2D eigenvalue weighted by molar-refractivity contribution is -0.137. The fourth-order valence-corrected chi connectivity index (χ4v) is 5.12. The van der Waals surface area contributed by atoms with Crippen LogP contribution in [0.15, 0.2) is 72.8 Å². The van der Waals surface area contributed by atoms with Gasteiger partial charge in [0.1, 0.15) is 0 Å². The van der Waals surface area contributed by atoms with E-state index in [4.69, 9.17) is 11.6 Å². The molecule has 5 N–H and O–H groups in total. The number of hydrogen-bond acceptors (Lipinski definition) is 4. The van der Waals surface area contributed by atoms with E-state index in [0.717, 1.165) is 16.8 Å². The minimum absolute atomic E-state index is 0.0324. The number of halogens is 1. The molecule has 3 aromatic rings. The molecule has 10 heteroatoms. The molecule has 1 saturated carbocycles. The average molecular weight is 577 g/mol. The molecule has 0 bridgehead atoms. The van der Waals surface area contributed by atoms with Crippen molar-refractivity contribution in [2.75, 3.05) is 16.0 Å². The van der Waals surface area contributed by atoms with E-state index in [1.54, 1.807) is 48.5 Å². The predicted molar refractivity (Wildman–Crippen MR) is 159 cm³/mol. The molecule has 1 aliphatic rings. The van der Waals surface area contributed by atoms with Crippen molar-refractivity contribution in [2.24, 2.45) is 5.92 Å². The van der Waals surface area contributed by atoms with Crippen molar-refractivity contribution in [2.45, 2.75) is 51.0 Å². The summed E-state index contributed by atoms with van der Waals surface area (Å²) < 4.78 is 0. The number of urea groups is 1. The van der Waals surface area contributed by atoms with E-state index in [2.05, 4.69) is 21.3 Å². The van der Waals surface area contributed by atoms with Gasteiger partial charge in [0, 0.05) is 46.4 Å². The highest BCUT2D eigenvalue weighted by molar-refractivity contribution is 6.30. The van der Waals surface area contributed by atoms with Crippen molar-refractivity contribution < 1.29 is 24.3 Å². The molecule has 41 heavy (non-hydrogen) atoms. The van der Waals surface area contributed by atoms with Crippen LogP contribution >= 0.6 is 11.6 Å². The second kappa shape index (κ2) is 13.8. The molecule has 4 rings (SSSR count). The summed E-state index contributed by atoms with van der Waals surface area (Å²) in [5.74, 6) is -2.10. The van der Waals surface area contributed by atoms with Gasteiger partial charge < -0.3 is 26.4 Å². The number of carbonyl (C=O) groups is 4. The van der Waals surface area contributed by atoms with Crippen LogP contribution in [-0.4, -0.2) is 35.0 Å². The number of aliphatic carboxylic acids is 1. The van der Waals surface area contributed by atoms with Gasteiger partial charge in [-0.15, -0.1) is 0 Å². The van der Waals surface area contributed by atoms with Crippen molar-refractivity contribution in [1.29, 1.82) is 0 Å². The summed E-state index contributed by atoms with van der Waals surface area (Å²) in [6, 6.07) is 20.6. The third-order valence-electron chi connectivity index (χ3n) is 7.17. The molecule has 1 fully saturated rings. The first-order valence-electron chi connectivity index (χ1n) is 13.5. The molecular weight excluding hydrogens is 544 g/mol. The molecule has 1 aliphatic carbocycles. The Balaban J connectivity index is 1.24. The SMILES string of the molecule is Cc1ccccc1NC(=O)Nc1ccc(NC(=O)[C@@H]2CC[C@H](NC(=O)CC(CC(=O)O)c3ccc(Cl)cc3)C2)cc1. The summed E-state index contributed by atoms with van der Waals surface area (Å²) in [7, 11) is 0. The second-order valence-electron chi connectivity index (χ2n) is 10.3. The smallest absolute Gasteiger partial charge is 0.323 e. The van der Waals surface area contributed by atoms with Crippen molar-refractivity contribution in [1.82, 2.24) is 5.32 Å². The Kier molecular flexibility index (Phi) is 9.97. The zero-order chi connectivity index (χ0) is 29.4. The number of nitrogens with one attached hydrogen (secondary N) is 4. The van der Waals surface area contributed by atoms with Gasteiger partial charge in [-0.3, -0.25) is 14.4 Å². The number of aryl methyl sites for hydroxylation is 1. The van der Waals surface area contributed by atoms with Gasteiger partial charge in [0.25, 0.3) is 0 Å². The number of para-hydroxylation sites is 1. The fraction of sp³-hybridized carbons (Fsp3) is 0.290. The van der Waals surface area contributed by atoms with Crippen LogP contribution in [0.4, 0.5) is 21.9 Å². The highest BCUT2D eigenvalue weighted by Crippen LogP contribution is 2.29. The van der Waals surface area contributed by atoms with E-state index in [1.165, 1.54) is 0 Å². The lowest BCUT2D eigenvalue weighted by Gasteiger charge is -2.18. The highest BCUT2D eigenvalue weighted by Gasteiger charge is 2.31. The lowest BCUT2D eigenvalue weighted by atomic mass is 9.92. The molecule has 3 atom stereocenters. The second-order valence-corrected chi connectivity index (χ2v) is 10.7. The molecule has 0 aliphatic heterocycles. The Hall–Kier alpha value is -4.37. The first-order chi connectivity index (χ1) is 19.7. The van der Waals surface area contributed by atoms with Crippen molar-refractivity contribution in [3.05, 3.63) is 88.9 Å². The number of benzene rings is 3. The third kappa shape index (κ3) is 8.81. The molecule has 3 aromatic carbocycles. The summed E-state index contributed by atoms with van der Waals surface area (Å²) in [5, 5.41) is 21.3. The number of hydrogen-bond donors (Lipinski definition) is 5. The van der Waals surface area contributed by atoms with Crippen molar-refractivity contribution >= 4 is 52.5 Å². The maximum Gasteiger partial charge on any atom is 0.323 e. The minimum Gasteiger partial charge on any atom is -0.481 e. The largest absolute Gasteiger partial charge is 0.481 e. The summed E-state index contributed by atoms with van der Waals surface area (Å²) in [6.45, 7) is 1.91. The zero-order valence-electron chi connectivity index (χ0n) is 22.7. The molecule has 0 aromatic heterocycles. The van der Waals surface area contributed by atoms with Crippen LogP contribution < -0.4 is 21.3 Å². The van der Waals surface area contributed by atoms with Gasteiger partial charge >= 0.3 is 12.0 Å².